The minimum absolute atomic E-state index is 0.0625. The predicted molar refractivity (Wildman–Crippen MR) is 93.8 cm³/mol. The van der Waals surface area contributed by atoms with E-state index in [0.717, 1.165) is 16.8 Å². The van der Waals surface area contributed by atoms with E-state index in [0.29, 0.717) is 6.42 Å². The molecule has 0 fully saturated rings. The third-order valence-corrected chi connectivity index (χ3v) is 4.53. The van der Waals surface area contributed by atoms with Gasteiger partial charge in [-0.2, -0.15) is 5.10 Å². The van der Waals surface area contributed by atoms with Crippen molar-refractivity contribution in [1.82, 2.24) is 5.01 Å². The minimum atomic E-state index is -0.167. The van der Waals surface area contributed by atoms with Crippen LogP contribution in [-0.4, -0.2) is 22.5 Å². The summed E-state index contributed by atoms with van der Waals surface area (Å²) in [7, 11) is 0. The predicted octanol–water partition coefficient (Wildman–Crippen LogP) is 4.22. The van der Waals surface area contributed by atoms with Crippen molar-refractivity contribution in [2.75, 3.05) is 5.88 Å². The summed E-state index contributed by atoms with van der Waals surface area (Å²) in [5.74, 6) is -0.230. The molecule has 4 heteroatoms. The molecule has 0 saturated heterocycles. The maximum absolute atomic E-state index is 12.2. The smallest absolute Gasteiger partial charge is 0.258 e. The minimum Gasteiger partial charge on any atom is -0.272 e. The van der Waals surface area contributed by atoms with E-state index in [1.54, 1.807) is 0 Å². The molecular formula is C19H19ClN2O. The normalized spacial score (nSPS) is 17.3. The number of halogens is 1. The Balaban J connectivity index is 1.96. The highest BCUT2D eigenvalue weighted by Crippen LogP contribution is 2.33. The van der Waals surface area contributed by atoms with E-state index in [4.69, 9.17) is 11.6 Å². The first-order valence-corrected chi connectivity index (χ1v) is 8.21. The van der Waals surface area contributed by atoms with Crippen LogP contribution in [0.15, 0.2) is 53.6 Å². The zero-order valence-corrected chi connectivity index (χ0v) is 14.0. The third-order valence-electron chi connectivity index (χ3n) is 4.30. The number of hydrazone groups is 1. The summed E-state index contributed by atoms with van der Waals surface area (Å²) in [6, 6.07) is 16.2. The molecule has 0 bridgehead atoms. The van der Waals surface area contributed by atoms with Gasteiger partial charge in [-0.15, -0.1) is 11.6 Å². The average molecular weight is 327 g/mol. The topological polar surface area (TPSA) is 32.7 Å². The SMILES string of the molecule is Cc1ccc(C2=NN(C(=O)CCl)C(c3ccccc3)C2)cc1C. The van der Waals surface area contributed by atoms with E-state index in [1.807, 2.05) is 30.3 Å². The van der Waals surface area contributed by atoms with Crippen molar-refractivity contribution in [2.45, 2.75) is 26.3 Å². The maximum atomic E-state index is 12.2. The summed E-state index contributed by atoms with van der Waals surface area (Å²) in [5.41, 5.74) is 5.55. The van der Waals surface area contributed by atoms with Crippen LogP contribution < -0.4 is 0 Å². The summed E-state index contributed by atoms with van der Waals surface area (Å²) in [6.45, 7) is 4.18. The molecule has 3 rings (SSSR count). The Bertz CT molecular complexity index is 755. The molecule has 1 amide bonds. The standard InChI is InChI=1S/C19H19ClN2O/c1-13-8-9-16(10-14(13)2)17-11-18(15-6-4-3-5-7-15)22(21-17)19(23)12-20/h3-10,18H,11-12H2,1-2H3. The lowest BCUT2D eigenvalue weighted by molar-refractivity contribution is -0.130. The summed E-state index contributed by atoms with van der Waals surface area (Å²) in [5, 5.41) is 6.11. The molecule has 1 atom stereocenters. The van der Waals surface area contributed by atoms with E-state index in [-0.39, 0.29) is 17.8 Å². The van der Waals surface area contributed by atoms with Crippen LogP contribution in [0.4, 0.5) is 0 Å². The first kappa shape index (κ1) is 15.8. The van der Waals surface area contributed by atoms with Crippen molar-refractivity contribution in [3.8, 4) is 0 Å². The number of nitrogens with zero attached hydrogens (tertiary/aromatic N) is 2. The van der Waals surface area contributed by atoms with Gasteiger partial charge in [0.25, 0.3) is 5.91 Å². The van der Waals surface area contributed by atoms with Crippen molar-refractivity contribution >= 4 is 23.2 Å². The fraction of sp³-hybridized carbons (Fsp3) is 0.263. The molecule has 1 aliphatic heterocycles. The van der Waals surface area contributed by atoms with Crippen molar-refractivity contribution in [3.63, 3.8) is 0 Å². The molecule has 0 saturated carbocycles. The molecule has 0 aliphatic carbocycles. The van der Waals surface area contributed by atoms with Crippen LogP contribution in [0.2, 0.25) is 0 Å². The third kappa shape index (κ3) is 3.15. The molecule has 1 heterocycles. The number of aryl methyl sites for hydroxylation is 2. The van der Waals surface area contributed by atoms with E-state index >= 15 is 0 Å². The number of amides is 1. The zero-order chi connectivity index (χ0) is 16.4. The molecule has 2 aromatic carbocycles. The maximum Gasteiger partial charge on any atom is 0.258 e. The Kier molecular flexibility index (Phi) is 4.49. The number of carbonyl (C=O) groups excluding carboxylic acids is 1. The number of benzene rings is 2. The number of hydrogen-bond acceptors (Lipinski definition) is 2. The Labute approximate surface area is 141 Å². The summed E-state index contributed by atoms with van der Waals surface area (Å²) in [6.07, 6.45) is 0.704. The Hall–Kier alpha value is -2.13. The van der Waals surface area contributed by atoms with Gasteiger partial charge in [-0.05, 0) is 42.2 Å². The molecule has 0 radical (unpaired) electrons. The highest BCUT2D eigenvalue weighted by atomic mass is 35.5. The molecule has 0 N–H and O–H groups in total. The first-order valence-electron chi connectivity index (χ1n) is 7.68. The lowest BCUT2D eigenvalue weighted by atomic mass is 9.96. The van der Waals surface area contributed by atoms with E-state index < -0.39 is 0 Å². The van der Waals surface area contributed by atoms with E-state index in [1.165, 1.54) is 16.1 Å². The lowest BCUT2D eigenvalue weighted by Crippen LogP contribution is -2.27. The van der Waals surface area contributed by atoms with Gasteiger partial charge in [0.05, 0.1) is 11.8 Å². The van der Waals surface area contributed by atoms with Crippen LogP contribution >= 0.6 is 11.6 Å². The Morgan fingerprint density at radius 2 is 1.91 bits per heavy atom. The fourth-order valence-electron chi connectivity index (χ4n) is 2.83. The summed E-state index contributed by atoms with van der Waals surface area (Å²) in [4.78, 5) is 12.2. The molecular weight excluding hydrogens is 308 g/mol. The van der Waals surface area contributed by atoms with Crippen LogP contribution in [0, 0.1) is 13.8 Å². The fourth-order valence-corrected chi connectivity index (χ4v) is 2.95. The molecule has 3 nitrogen and oxygen atoms in total. The van der Waals surface area contributed by atoms with Gasteiger partial charge in [0.1, 0.15) is 5.88 Å². The van der Waals surface area contributed by atoms with Crippen LogP contribution in [-0.2, 0) is 4.79 Å². The second kappa shape index (κ2) is 6.55. The highest BCUT2D eigenvalue weighted by Gasteiger charge is 2.32. The zero-order valence-electron chi connectivity index (χ0n) is 13.3. The molecule has 23 heavy (non-hydrogen) atoms. The summed E-state index contributed by atoms with van der Waals surface area (Å²) < 4.78 is 0. The van der Waals surface area contributed by atoms with Crippen LogP contribution in [0.25, 0.3) is 0 Å². The summed E-state index contributed by atoms with van der Waals surface area (Å²) >= 11 is 5.76. The number of rotatable bonds is 3. The van der Waals surface area contributed by atoms with Crippen molar-refractivity contribution in [1.29, 1.82) is 0 Å². The van der Waals surface area contributed by atoms with Crippen molar-refractivity contribution in [3.05, 3.63) is 70.8 Å². The van der Waals surface area contributed by atoms with Gasteiger partial charge in [-0.3, -0.25) is 4.79 Å². The van der Waals surface area contributed by atoms with Gasteiger partial charge in [0.2, 0.25) is 0 Å². The van der Waals surface area contributed by atoms with Crippen LogP contribution in [0.3, 0.4) is 0 Å². The number of hydrogen-bond donors (Lipinski definition) is 0. The molecule has 1 unspecified atom stereocenters. The highest BCUT2D eigenvalue weighted by molar-refractivity contribution is 6.27. The van der Waals surface area contributed by atoms with Gasteiger partial charge in [0, 0.05) is 6.42 Å². The van der Waals surface area contributed by atoms with Crippen molar-refractivity contribution in [2.24, 2.45) is 5.10 Å². The van der Waals surface area contributed by atoms with Gasteiger partial charge >= 0.3 is 0 Å². The van der Waals surface area contributed by atoms with Crippen molar-refractivity contribution < 1.29 is 4.79 Å². The van der Waals surface area contributed by atoms with E-state index in [9.17, 15) is 4.79 Å². The number of carbonyl (C=O) groups is 1. The van der Waals surface area contributed by atoms with Gasteiger partial charge in [-0.25, -0.2) is 5.01 Å². The Morgan fingerprint density at radius 3 is 2.57 bits per heavy atom. The second-order valence-corrected chi connectivity index (χ2v) is 6.12. The largest absolute Gasteiger partial charge is 0.272 e. The quantitative estimate of drug-likeness (QED) is 0.777. The monoisotopic (exact) mass is 326 g/mol. The molecule has 2 aromatic rings. The van der Waals surface area contributed by atoms with Gasteiger partial charge in [0.15, 0.2) is 0 Å². The van der Waals surface area contributed by atoms with E-state index in [2.05, 4.69) is 37.1 Å². The Morgan fingerprint density at radius 1 is 1.17 bits per heavy atom. The first-order chi connectivity index (χ1) is 11.1. The second-order valence-electron chi connectivity index (χ2n) is 5.85. The average Bonchev–Trinajstić information content (AvgIpc) is 3.03. The number of alkyl halides is 1. The van der Waals surface area contributed by atoms with Crippen LogP contribution in [0.1, 0.15) is 34.7 Å². The van der Waals surface area contributed by atoms with Gasteiger partial charge in [-0.1, -0.05) is 42.5 Å². The molecule has 1 aliphatic rings. The van der Waals surface area contributed by atoms with Crippen LogP contribution in [0.5, 0.6) is 0 Å². The molecule has 0 spiro atoms. The lowest BCUT2D eigenvalue weighted by Gasteiger charge is -2.21. The molecule has 118 valence electrons. The van der Waals surface area contributed by atoms with Gasteiger partial charge < -0.3 is 0 Å². The molecule has 0 aromatic heterocycles.